The van der Waals surface area contributed by atoms with Crippen LogP contribution in [0.25, 0.3) is 0 Å². The summed E-state index contributed by atoms with van der Waals surface area (Å²) in [5.74, 6) is 0. The van der Waals surface area contributed by atoms with Crippen LogP contribution in [0.1, 0.15) is 0 Å². The van der Waals surface area contributed by atoms with Gasteiger partial charge in [0.15, 0.2) is 0 Å². The van der Waals surface area contributed by atoms with Crippen LogP contribution in [0, 0.1) is 10.1 Å². The number of nitro groups is 1. The zero-order valence-electron chi connectivity index (χ0n) is 12.7. The summed E-state index contributed by atoms with van der Waals surface area (Å²) >= 11 is 0.696. The number of anilines is 3. The molecule has 7 nitrogen and oxygen atoms in total. The first-order chi connectivity index (χ1) is 11.9. The Bertz CT molecular complexity index is 1020. The van der Waals surface area contributed by atoms with E-state index in [9.17, 15) is 18.5 Å². The van der Waals surface area contributed by atoms with Crippen molar-refractivity contribution in [3.63, 3.8) is 0 Å². The van der Waals surface area contributed by atoms with E-state index in [2.05, 4.69) is 5.32 Å². The van der Waals surface area contributed by atoms with Gasteiger partial charge in [-0.15, -0.1) is 0 Å². The number of benzene rings is 2. The molecule has 3 aromatic rings. The molecule has 3 rings (SSSR count). The van der Waals surface area contributed by atoms with Crippen molar-refractivity contribution in [2.45, 2.75) is 9.79 Å². The van der Waals surface area contributed by atoms with Crippen molar-refractivity contribution >= 4 is 42.6 Å². The first-order valence-electron chi connectivity index (χ1n) is 7.10. The van der Waals surface area contributed by atoms with Crippen LogP contribution in [-0.2, 0) is 9.84 Å². The van der Waals surface area contributed by atoms with Crippen LogP contribution in [0.3, 0.4) is 0 Å². The third kappa shape index (κ3) is 3.19. The Morgan fingerprint density at radius 3 is 2.12 bits per heavy atom. The molecule has 1 aromatic heterocycles. The van der Waals surface area contributed by atoms with Crippen LogP contribution >= 0.6 is 11.3 Å². The number of hydrogen-bond acceptors (Lipinski definition) is 7. The van der Waals surface area contributed by atoms with Crippen molar-refractivity contribution in [1.82, 2.24) is 0 Å². The van der Waals surface area contributed by atoms with Gasteiger partial charge in [0.1, 0.15) is 15.6 Å². The van der Waals surface area contributed by atoms with Gasteiger partial charge in [-0.3, -0.25) is 10.1 Å². The quantitative estimate of drug-likeness (QED) is 0.517. The lowest BCUT2D eigenvalue weighted by atomic mass is 10.3. The Hall–Kier alpha value is -2.91. The van der Waals surface area contributed by atoms with Crippen LogP contribution in [-0.4, -0.2) is 13.3 Å². The first kappa shape index (κ1) is 16.9. The van der Waals surface area contributed by atoms with Gasteiger partial charge in [0.2, 0.25) is 9.84 Å². The molecule has 0 radical (unpaired) electrons. The smallest absolute Gasteiger partial charge is 0.350 e. The summed E-state index contributed by atoms with van der Waals surface area (Å²) in [6.45, 7) is 0. The number of thiophene rings is 1. The molecule has 0 aliphatic rings. The highest BCUT2D eigenvalue weighted by Gasteiger charge is 2.33. The molecule has 0 aliphatic carbocycles. The number of sulfone groups is 1. The Kier molecular flexibility index (Phi) is 4.43. The lowest BCUT2D eigenvalue weighted by Gasteiger charge is -2.08. The molecule has 0 aliphatic heterocycles. The minimum Gasteiger partial charge on any atom is -0.391 e. The normalized spacial score (nSPS) is 11.2. The number of para-hydroxylation sites is 1. The number of hydrogen-bond donors (Lipinski definition) is 2. The van der Waals surface area contributed by atoms with Crippen LogP contribution in [0.2, 0.25) is 0 Å². The van der Waals surface area contributed by atoms with Crippen molar-refractivity contribution in [3.8, 4) is 0 Å². The summed E-state index contributed by atoms with van der Waals surface area (Å²) in [4.78, 5) is 10.3. The fourth-order valence-corrected chi connectivity index (χ4v) is 5.07. The standard InChI is InChI=1S/C16H13N3O4S2/c17-13-14(25(22,23)12-9-5-2-6-10-12)15(24-16(13)19(20)21)18-11-7-3-1-4-8-11/h1-10,18H,17H2. The third-order valence-corrected chi connectivity index (χ3v) is 6.46. The predicted octanol–water partition coefficient (Wildman–Crippen LogP) is 3.81. The Morgan fingerprint density at radius 1 is 1.00 bits per heavy atom. The average molecular weight is 375 g/mol. The molecule has 2 aromatic carbocycles. The highest BCUT2D eigenvalue weighted by molar-refractivity contribution is 7.92. The van der Waals surface area contributed by atoms with E-state index in [1.165, 1.54) is 12.1 Å². The van der Waals surface area contributed by atoms with E-state index in [1.54, 1.807) is 48.5 Å². The number of nitrogens with zero attached hydrogens (tertiary/aromatic N) is 1. The zero-order valence-corrected chi connectivity index (χ0v) is 14.4. The van der Waals surface area contributed by atoms with E-state index in [1.807, 2.05) is 0 Å². The molecule has 0 bridgehead atoms. The number of nitrogens with one attached hydrogen (secondary N) is 1. The molecule has 25 heavy (non-hydrogen) atoms. The fraction of sp³-hybridized carbons (Fsp3) is 0. The lowest BCUT2D eigenvalue weighted by molar-refractivity contribution is -0.379. The van der Waals surface area contributed by atoms with Crippen molar-refractivity contribution < 1.29 is 13.3 Å². The van der Waals surface area contributed by atoms with Crippen molar-refractivity contribution in [2.75, 3.05) is 11.1 Å². The lowest BCUT2D eigenvalue weighted by Crippen LogP contribution is -2.06. The van der Waals surface area contributed by atoms with E-state index < -0.39 is 19.8 Å². The summed E-state index contributed by atoms with van der Waals surface area (Å²) in [5, 5.41) is 13.8. The molecule has 9 heteroatoms. The summed E-state index contributed by atoms with van der Waals surface area (Å²) in [5.41, 5.74) is 6.07. The molecule has 0 fully saturated rings. The molecule has 0 spiro atoms. The van der Waals surface area contributed by atoms with Gasteiger partial charge in [0.05, 0.1) is 9.82 Å². The Balaban J connectivity index is 2.19. The van der Waals surface area contributed by atoms with Gasteiger partial charge in [-0.05, 0) is 35.6 Å². The van der Waals surface area contributed by atoms with Crippen LogP contribution < -0.4 is 11.1 Å². The molecule has 0 amide bonds. The zero-order chi connectivity index (χ0) is 18.0. The second-order valence-electron chi connectivity index (χ2n) is 5.04. The SMILES string of the molecule is Nc1c([N+](=O)[O-])sc(Nc2ccccc2)c1S(=O)(=O)c1ccccc1. The molecule has 128 valence electrons. The number of rotatable bonds is 5. The van der Waals surface area contributed by atoms with E-state index in [4.69, 9.17) is 5.73 Å². The highest BCUT2D eigenvalue weighted by atomic mass is 32.2. The number of nitrogen functional groups attached to an aromatic ring is 1. The largest absolute Gasteiger partial charge is 0.391 e. The second kappa shape index (κ2) is 6.54. The highest BCUT2D eigenvalue weighted by Crippen LogP contribution is 2.47. The van der Waals surface area contributed by atoms with E-state index in [0.717, 1.165) is 0 Å². The van der Waals surface area contributed by atoms with Crippen molar-refractivity contribution in [3.05, 3.63) is 70.8 Å². The van der Waals surface area contributed by atoms with Crippen molar-refractivity contribution in [1.29, 1.82) is 0 Å². The maximum absolute atomic E-state index is 13.0. The Labute approximate surface area is 147 Å². The van der Waals surface area contributed by atoms with Crippen molar-refractivity contribution in [2.24, 2.45) is 0 Å². The molecule has 1 heterocycles. The van der Waals surface area contributed by atoms with Crippen LogP contribution in [0.4, 0.5) is 21.4 Å². The monoisotopic (exact) mass is 375 g/mol. The molecule has 3 N–H and O–H groups in total. The summed E-state index contributed by atoms with van der Waals surface area (Å²) in [6.07, 6.45) is 0. The molecular formula is C16H13N3O4S2. The topological polar surface area (TPSA) is 115 Å². The minimum atomic E-state index is -4.01. The maximum Gasteiger partial charge on any atom is 0.350 e. The predicted molar refractivity (Wildman–Crippen MR) is 97.0 cm³/mol. The molecule has 0 saturated heterocycles. The fourth-order valence-electron chi connectivity index (χ4n) is 2.27. The third-order valence-electron chi connectivity index (χ3n) is 3.40. The van der Waals surface area contributed by atoms with Gasteiger partial charge in [-0.1, -0.05) is 36.4 Å². The Morgan fingerprint density at radius 2 is 1.56 bits per heavy atom. The molecular weight excluding hydrogens is 362 g/mol. The van der Waals surface area contributed by atoms with Gasteiger partial charge in [0.25, 0.3) is 0 Å². The first-order valence-corrected chi connectivity index (χ1v) is 9.40. The van der Waals surface area contributed by atoms with Gasteiger partial charge < -0.3 is 11.1 Å². The van der Waals surface area contributed by atoms with Crippen LogP contribution in [0.5, 0.6) is 0 Å². The average Bonchev–Trinajstić information content (AvgIpc) is 2.93. The van der Waals surface area contributed by atoms with E-state index >= 15 is 0 Å². The molecule has 0 unspecified atom stereocenters. The van der Waals surface area contributed by atoms with Gasteiger partial charge >= 0.3 is 5.00 Å². The number of nitrogens with two attached hydrogens (primary N) is 1. The summed E-state index contributed by atoms with van der Waals surface area (Å²) < 4.78 is 25.9. The van der Waals surface area contributed by atoms with Crippen LogP contribution in [0.15, 0.2) is 70.5 Å². The second-order valence-corrected chi connectivity index (χ2v) is 7.93. The van der Waals surface area contributed by atoms with E-state index in [0.29, 0.717) is 17.0 Å². The minimum absolute atomic E-state index is 0.0190. The van der Waals surface area contributed by atoms with Gasteiger partial charge in [-0.25, -0.2) is 8.42 Å². The molecule has 0 saturated carbocycles. The van der Waals surface area contributed by atoms with E-state index in [-0.39, 0.29) is 20.5 Å². The maximum atomic E-state index is 13.0. The molecule has 0 atom stereocenters. The summed E-state index contributed by atoms with van der Waals surface area (Å²) in [6, 6.07) is 16.5. The summed E-state index contributed by atoms with van der Waals surface area (Å²) in [7, 11) is -4.01. The van der Waals surface area contributed by atoms with Gasteiger partial charge in [0, 0.05) is 5.69 Å². The van der Waals surface area contributed by atoms with Gasteiger partial charge in [-0.2, -0.15) is 0 Å².